The van der Waals surface area contributed by atoms with Crippen LogP contribution >= 0.6 is 0 Å². The molecule has 1 saturated carbocycles. The lowest BCUT2D eigenvalue weighted by Crippen LogP contribution is -2.36. The summed E-state index contributed by atoms with van der Waals surface area (Å²) in [5, 5.41) is 23.2. The van der Waals surface area contributed by atoms with Crippen LogP contribution in [0.5, 0.6) is 0 Å². The maximum absolute atomic E-state index is 12.9. The molecule has 0 spiro atoms. The number of nitro benzene ring substituents is 1. The molecular formula is C14H17F3N2O3. The largest absolute Gasteiger partial charge is 0.423 e. The van der Waals surface area contributed by atoms with Crippen molar-refractivity contribution in [3.63, 3.8) is 0 Å². The molecular weight excluding hydrogens is 301 g/mol. The number of benzene rings is 1. The summed E-state index contributed by atoms with van der Waals surface area (Å²) in [5.74, 6) is 0. The predicted molar refractivity (Wildman–Crippen MR) is 74.6 cm³/mol. The van der Waals surface area contributed by atoms with Gasteiger partial charge < -0.3 is 10.4 Å². The molecule has 1 aromatic rings. The SMILES string of the molecule is CC1(CO)CCCC1Nc1ccc([N+](=O)[O-])c(C(F)(F)F)c1. The zero-order valence-corrected chi connectivity index (χ0v) is 12.0. The van der Waals surface area contributed by atoms with Crippen molar-refractivity contribution < 1.29 is 23.2 Å². The normalized spacial score (nSPS) is 25.2. The Morgan fingerprint density at radius 3 is 2.73 bits per heavy atom. The van der Waals surface area contributed by atoms with E-state index in [1.54, 1.807) is 0 Å². The van der Waals surface area contributed by atoms with Crippen molar-refractivity contribution in [1.82, 2.24) is 0 Å². The summed E-state index contributed by atoms with van der Waals surface area (Å²) in [6.07, 6.45) is -2.42. The van der Waals surface area contributed by atoms with Crippen molar-refractivity contribution in [2.75, 3.05) is 11.9 Å². The molecule has 1 aliphatic rings. The van der Waals surface area contributed by atoms with Crippen LogP contribution in [0.1, 0.15) is 31.7 Å². The topological polar surface area (TPSA) is 75.4 Å². The monoisotopic (exact) mass is 318 g/mol. The average Bonchev–Trinajstić information content (AvgIpc) is 2.79. The fourth-order valence-electron chi connectivity index (χ4n) is 2.88. The molecule has 2 unspecified atom stereocenters. The fourth-order valence-corrected chi connectivity index (χ4v) is 2.88. The van der Waals surface area contributed by atoms with Gasteiger partial charge in [0.1, 0.15) is 5.56 Å². The number of nitrogens with one attached hydrogen (secondary N) is 1. The lowest BCUT2D eigenvalue weighted by molar-refractivity contribution is -0.388. The van der Waals surface area contributed by atoms with Gasteiger partial charge in [-0.05, 0) is 25.0 Å². The Kier molecular flexibility index (Phi) is 4.32. The smallest absolute Gasteiger partial charge is 0.396 e. The molecule has 0 heterocycles. The molecule has 0 bridgehead atoms. The van der Waals surface area contributed by atoms with Gasteiger partial charge in [0.2, 0.25) is 0 Å². The molecule has 2 N–H and O–H groups in total. The Bertz CT molecular complexity index is 577. The lowest BCUT2D eigenvalue weighted by atomic mass is 9.85. The second-order valence-electron chi connectivity index (χ2n) is 5.89. The summed E-state index contributed by atoms with van der Waals surface area (Å²) >= 11 is 0. The Morgan fingerprint density at radius 2 is 2.18 bits per heavy atom. The highest BCUT2D eigenvalue weighted by Gasteiger charge is 2.40. The van der Waals surface area contributed by atoms with Crippen LogP contribution in [0.2, 0.25) is 0 Å². The first kappa shape index (κ1) is 16.5. The van der Waals surface area contributed by atoms with Crippen molar-refractivity contribution in [2.24, 2.45) is 5.41 Å². The third-order valence-corrected chi connectivity index (χ3v) is 4.28. The van der Waals surface area contributed by atoms with Crippen LogP contribution in [0.4, 0.5) is 24.5 Å². The minimum Gasteiger partial charge on any atom is -0.396 e. The summed E-state index contributed by atoms with van der Waals surface area (Å²) < 4.78 is 38.8. The van der Waals surface area contributed by atoms with Gasteiger partial charge in [-0.2, -0.15) is 13.2 Å². The Balaban J connectivity index is 2.32. The van der Waals surface area contributed by atoms with Gasteiger partial charge in [0, 0.05) is 23.2 Å². The molecule has 22 heavy (non-hydrogen) atoms. The van der Waals surface area contributed by atoms with Crippen molar-refractivity contribution in [3.05, 3.63) is 33.9 Å². The van der Waals surface area contributed by atoms with Crippen LogP contribution in [0, 0.1) is 15.5 Å². The highest BCUT2D eigenvalue weighted by molar-refractivity contribution is 5.56. The highest BCUT2D eigenvalue weighted by Crippen LogP contribution is 2.41. The first-order valence-corrected chi connectivity index (χ1v) is 6.90. The van der Waals surface area contributed by atoms with E-state index in [4.69, 9.17) is 0 Å². The average molecular weight is 318 g/mol. The zero-order valence-electron chi connectivity index (χ0n) is 12.0. The molecule has 8 heteroatoms. The van der Waals surface area contributed by atoms with E-state index >= 15 is 0 Å². The van der Waals surface area contributed by atoms with Gasteiger partial charge in [0.05, 0.1) is 11.5 Å². The summed E-state index contributed by atoms with van der Waals surface area (Å²) in [6, 6.07) is 2.72. The van der Waals surface area contributed by atoms with Crippen LogP contribution in [0.3, 0.4) is 0 Å². The maximum Gasteiger partial charge on any atom is 0.423 e. The third-order valence-electron chi connectivity index (χ3n) is 4.28. The maximum atomic E-state index is 12.9. The van der Waals surface area contributed by atoms with Crippen LogP contribution < -0.4 is 5.32 Å². The van der Waals surface area contributed by atoms with Gasteiger partial charge in [-0.15, -0.1) is 0 Å². The molecule has 1 fully saturated rings. The molecule has 0 amide bonds. The molecule has 0 saturated heterocycles. The van der Waals surface area contributed by atoms with E-state index in [1.807, 2.05) is 6.92 Å². The van der Waals surface area contributed by atoms with Crippen LogP contribution in [0.15, 0.2) is 18.2 Å². The number of alkyl halides is 3. The molecule has 5 nitrogen and oxygen atoms in total. The van der Waals surface area contributed by atoms with Crippen molar-refractivity contribution in [3.8, 4) is 0 Å². The van der Waals surface area contributed by atoms with Crippen LogP contribution in [0.25, 0.3) is 0 Å². The predicted octanol–water partition coefficient (Wildman–Crippen LogP) is 3.58. The number of nitro groups is 1. The number of hydrogen-bond acceptors (Lipinski definition) is 4. The number of aliphatic hydroxyl groups excluding tert-OH is 1. The molecule has 2 rings (SSSR count). The minimum atomic E-state index is -4.80. The van der Waals surface area contributed by atoms with E-state index in [-0.39, 0.29) is 18.3 Å². The number of rotatable bonds is 4. The highest BCUT2D eigenvalue weighted by atomic mass is 19.4. The van der Waals surface area contributed by atoms with Gasteiger partial charge in [-0.3, -0.25) is 10.1 Å². The van der Waals surface area contributed by atoms with Gasteiger partial charge in [0.15, 0.2) is 0 Å². The third kappa shape index (κ3) is 3.16. The molecule has 1 aromatic carbocycles. The number of hydrogen-bond donors (Lipinski definition) is 2. The number of halogens is 3. The Morgan fingerprint density at radius 1 is 1.50 bits per heavy atom. The summed E-state index contributed by atoms with van der Waals surface area (Å²) in [7, 11) is 0. The zero-order chi connectivity index (χ0) is 16.5. The van der Waals surface area contributed by atoms with Gasteiger partial charge in [-0.1, -0.05) is 13.3 Å². The standard InChI is InChI=1S/C14H17F3N2O3/c1-13(8-20)6-2-3-12(13)18-9-4-5-11(19(21)22)10(7-9)14(15,16)17/h4-5,7,12,18,20H,2-3,6,8H2,1H3. The van der Waals surface area contributed by atoms with Crippen molar-refractivity contribution >= 4 is 11.4 Å². The lowest BCUT2D eigenvalue weighted by Gasteiger charge is -2.31. The quantitative estimate of drug-likeness (QED) is 0.657. The van der Waals surface area contributed by atoms with E-state index in [2.05, 4.69) is 5.32 Å². The van der Waals surface area contributed by atoms with Gasteiger partial charge in [-0.25, -0.2) is 0 Å². The van der Waals surface area contributed by atoms with Gasteiger partial charge in [0.25, 0.3) is 5.69 Å². The molecule has 0 radical (unpaired) electrons. The van der Waals surface area contributed by atoms with Crippen molar-refractivity contribution in [2.45, 2.75) is 38.4 Å². The van der Waals surface area contributed by atoms with E-state index in [9.17, 15) is 28.4 Å². The molecule has 1 aliphatic carbocycles. The van der Waals surface area contributed by atoms with E-state index in [1.165, 1.54) is 6.07 Å². The van der Waals surface area contributed by atoms with Crippen LogP contribution in [-0.4, -0.2) is 22.7 Å². The number of anilines is 1. The number of nitrogens with zero attached hydrogens (tertiary/aromatic N) is 1. The summed E-state index contributed by atoms with van der Waals surface area (Å²) in [5.41, 5.74) is -2.47. The summed E-state index contributed by atoms with van der Waals surface area (Å²) in [4.78, 5) is 9.68. The summed E-state index contributed by atoms with van der Waals surface area (Å²) in [6.45, 7) is 1.80. The van der Waals surface area contributed by atoms with Gasteiger partial charge >= 0.3 is 6.18 Å². The van der Waals surface area contributed by atoms with E-state index < -0.39 is 27.8 Å². The molecule has 2 atom stereocenters. The Labute approximate surface area is 125 Å². The van der Waals surface area contributed by atoms with E-state index in [0.717, 1.165) is 31.4 Å². The van der Waals surface area contributed by atoms with Crippen LogP contribution in [-0.2, 0) is 6.18 Å². The second kappa shape index (κ2) is 5.75. The van der Waals surface area contributed by atoms with Crippen molar-refractivity contribution in [1.29, 1.82) is 0 Å². The molecule has 0 aliphatic heterocycles. The Hall–Kier alpha value is -1.83. The fraction of sp³-hybridized carbons (Fsp3) is 0.571. The second-order valence-corrected chi connectivity index (χ2v) is 5.89. The first-order valence-electron chi connectivity index (χ1n) is 6.90. The molecule has 0 aromatic heterocycles. The first-order chi connectivity index (χ1) is 10.2. The number of aliphatic hydroxyl groups is 1. The van der Waals surface area contributed by atoms with E-state index in [0.29, 0.717) is 0 Å². The minimum absolute atomic E-state index is 0.0657. The molecule has 122 valence electrons.